The Kier molecular flexibility index (Phi) is 4.62. The smallest absolute Gasteiger partial charge is 0.236 e. The van der Waals surface area contributed by atoms with Gasteiger partial charge in [-0.15, -0.1) is 0 Å². The van der Waals surface area contributed by atoms with Crippen molar-refractivity contribution in [3.63, 3.8) is 0 Å². The maximum Gasteiger partial charge on any atom is 0.236 e. The van der Waals surface area contributed by atoms with Crippen molar-refractivity contribution in [2.45, 2.75) is 33.1 Å². The molecule has 0 aromatic heterocycles. The molecule has 1 N–H and O–H groups in total. The monoisotopic (exact) mass is 253 g/mol. The van der Waals surface area contributed by atoms with Crippen molar-refractivity contribution in [3.8, 4) is 0 Å². The van der Waals surface area contributed by atoms with E-state index < -0.39 is 0 Å². The second-order valence-corrected chi connectivity index (χ2v) is 6.07. The maximum absolute atomic E-state index is 12.2. The van der Waals surface area contributed by atoms with E-state index in [0.717, 1.165) is 52.1 Å². The quantitative estimate of drug-likeness (QED) is 0.813. The van der Waals surface area contributed by atoms with Crippen molar-refractivity contribution >= 4 is 5.91 Å². The fourth-order valence-electron chi connectivity index (χ4n) is 2.81. The summed E-state index contributed by atoms with van der Waals surface area (Å²) in [6, 6.07) is 0. The summed E-state index contributed by atoms with van der Waals surface area (Å²) in [7, 11) is 0. The number of nitrogens with one attached hydrogen (secondary N) is 1. The van der Waals surface area contributed by atoms with Crippen LogP contribution < -0.4 is 5.32 Å². The van der Waals surface area contributed by atoms with Gasteiger partial charge in [0, 0.05) is 39.3 Å². The van der Waals surface area contributed by atoms with Gasteiger partial charge in [-0.05, 0) is 18.3 Å². The van der Waals surface area contributed by atoms with Crippen LogP contribution in [0, 0.1) is 5.41 Å². The van der Waals surface area contributed by atoms with Crippen molar-refractivity contribution in [1.82, 2.24) is 15.1 Å². The number of carbonyl (C=O) groups excluding carboxylic acids is 1. The molecule has 104 valence electrons. The molecule has 0 unspecified atom stereocenters. The Morgan fingerprint density at radius 1 is 1.17 bits per heavy atom. The summed E-state index contributed by atoms with van der Waals surface area (Å²) in [4.78, 5) is 16.6. The first-order valence-corrected chi connectivity index (χ1v) is 7.34. The van der Waals surface area contributed by atoms with Gasteiger partial charge in [0.15, 0.2) is 0 Å². The fourth-order valence-corrected chi connectivity index (χ4v) is 2.81. The molecule has 0 spiro atoms. The third kappa shape index (κ3) is 3.45. The first-order valence-electron chi connectivity index (χ1n) is 7.34. The lowest BCUT2D eigenvalue weighted by molar-refractivity contribution is -0.134. The van der Waals surface area contributed by atoms with Crippen LogP contribution in [0.3, 0.4) is 0 Å². The number of piperazine rings is 1. The highest BCUT2D eigenvalue weighted by Crippen LogP contribution is 2.33. The van der Waals surface area contributed by atoms with Gasteiger partial charge in [-0.25, -0.2) is 0 Å². The molecule has 2 aliphatic rings. The Balaban J connectivity index is 1.76. The predicted molar refractivity (Wildman–Crippen MR) is 73.5 cm³/mol. The number of amides is 1. The lowest BCUT2D eigenvalue weighted by Crippen LogP contribution is -2.50. The van der Waals surface area contributed by atoms with E-state index in [9.17, 15) is 4.79 Å². The van der Waals surface area contributed by atoms with E-state index >= 15 is 0 Å². The van der Waals surface area contributed by atoms with Crippen molar-refractivity contribution in [1.29, 1.82) is 0 Å². The van der Waals surface area contributed by atoms with Crippen molar-refractivity contribution in [3.05, 3.63) is 0 Å². The number of rotatable bonds is 3. The van der Waals surface area contributed by atoms with E-state index in [1.54, 1.807) is 0 Å². The zero-order valence-corrected chi connectivity index (χ0v) is 11.9. The molecule has 0 bridgehead atoms. The second kappa shape index (κ2) is 6.02. The number of likely N-dealkylation sites (tertiary alicyclic amines) is 1. The van der Waals surface area contributed by atoms with Crippen molar-refractivity contribution in [2.75, 3.05) is 45.8 Å². The highest BCUT2D eigenvalue weighted by Gasteiger charge is 2.30. The summed E-state index contributed by atoms with van der Waals surface area (Å²) in [5.41, 5.74) is 0.464. The van der Waals surface area contributed by atoms with Gasteiger partial charge >= 0.3 is 0 Å². The molecule has 1 amide bonds. The topological polar surface area (TPSA) is 35.6 Å². The van der Waals surface area contributed by atoms with Crippen LogP contribution in [0.25, 0.3) is 0 Å². The molecule has 4 nitrogen and oxygen atoms in total. The number of piperidine rings is 1. The molecule has 2 aliphatic heterocycles. The molecule has 18 heavy (non-hydrogen) atoms. The highest BCUT2D eigenvalue weighted by molar-refractivity contribution is 5.78. The van der Waals surface area contributed by atoms with E-state index in [2.05, 4.69) is 29.0 Å². The highest BCUT2D eigenvalue weighted by atomic mass is 16.2. The van der Waals surface area contributed by atoms with Gasteiger partial charge in [0.2, 0.25) is 5.91 Å². The van der Waals surface area contributed by atoms with Crippen LogP contribution in [-0.4, -0.2) is 61.5 Å². The number of carbonyl (C=O) groups is 1. The summed E-state index contributed by atoms with van der Waals surface area (Å²) in [6.07, 6.45) is 3.56. The van der Waals surface area contributed by atoms with Crippen molar-refractivity contribution < 1.29 is 4.79 Å². The molecule has 2 saturated heterocycles. The number of hydrogen-bond donors (Lipinski definition) is 1. The van der Waals surface area contributed by atoms with Crippen molar-refractivity contribution in [2.24, 2.45) is 5.41 Å². The first-order chi connectivity index (χ1) is 8.63. The molecule has 0 radical (unpaired) electrons. The molecule has 2 fully saturated rings. The van der Waals surface area contributed by atoms with E-state index in [1.807, 2.05) is 0 Å². The standard InChI is InChI=1S/C14H27N3O/c1-3-14(2)4-8-17(9-5-14)13(18)12-16-10-6-15-7-11-16/h15H,3-12H2,1-2H3. The van der Waals surface area contributed by atoms with Gasteiger partial charge < -0.3 is 10.2 Å². The van der Waals surface area contributed by atoms with Crippen LogP contribution in [0.1, 0.15) is 33.1 Å². The van der Waals surface area contributed by atoms with Gasteiger partial charge in [0.25, 0.3) is 0 Å². The number of hydrogen-bond acceptors (Lipinski definition) is 3. The van der Waals surface area contributed by atoms with Crippen LogP contribution in [0.5, 0.6) is 0 Å². The molecule has 0 saturated carbocycles. The van der Waals surface area contributed by atoms with E-state index in [1.165, 1.54) is 6.42 Å². The van der Waals surface area contributed by atoms with Crippen LogP contribution in [0.4, 0.5) is 0 Å². The lowest BCUT2D eigenvalue weighted by Gasteiger charge is -2.39. The first kappa shape index (κ1) is 13.8. The molecule has 0 aliphatic carbocycles. The minimum atomic E-state index is 0.329. The molecular formula is C14H27N3O. The van der Waals surface area contributed by atoms with Crippen LogP contribution in [0.15, 0.2) is 0 Å². The summed E-state index contributed by atoms with van der Waals surface area (Å²) in [6.45, 7) is 11.2. The average Bonchev–Trinajstić information content (AvgIpc) is 2.40. The van der Waals surface area contributed by atoms with E-state index in [4.69, 9.17) is 0 Å². The fraction of sp³-hybridized carbons (Fsp3) is 0.929. The summed E-state index contributed by atoms with van der Waals surface area (Å²) in [5.74, 6) is 0.329. The van der Waals surface area contributed by atoms with Crippen LogP contribution in [-0.2, 0) is 4.79 Å². The largest absolute Gasteiger partial charge is 0.342 e. The van der Waals surface area contributed by atoms with Gasteiger partial charge in [-0.2, -0.15) is 0 Å². The molecule has 0 atom stereocenters. The predicted octanol–water partition coefficient (Wildman–Crippen LogP) is 0.930. The van der Waals surface area contributed by atoms with E-state index in [0.29, 0.717) is 17.9 Å². The Labute approximate surface area is 111 Å². The third-order valence-corrected chi connectivity index (χ3v) is 4.75. The molecule has 2 heterocycles. The zero-order chi connectivity index (χ0) is 13.0. The summed E-state index contributed by atoms with van der Waals surface area (Å²) < 4.78 is 0. The van der Waals surface area contributed by atoms with Gasteiger partial charge in [0.1, 0.15) is 0 Å². The van der Waals surface area contributed by atoms with Crippen LogP contribution in [0.2, 0.25) is 0 Å². The molecular weight excluding hydrogens is 226 g/mol. The number of nitrogens with zero attached hydrogens (tertiary/aromatic N) is 2. The second-order valence-electron chi connectivity index (χ2n) is 6.07. The minimum absolute atomic E-state index is 0.329. The lowest BCUT2D eigenvalue weighted by atomic mass is 9.78. The molecule has 0 aromatic rings. The van der Waals surface area contributed by atoms with E-state index in [-0.39, 0.29) is 0 Å². The average molecular weight is 253 g/mol. The normalized spacial score (nSPS) is 25.1. The Morgan fingerprint density at radius 3 is 2.33 bits per heavy atom. The Morgan fingerprint density at radius 2 is 1.78 bits per heavy atom. The Bertz CT molecular complexity index is 279. The van der Waals surface area contributed by atoms with Gasteiger partial charge in [0.05, 0.1) is 6.54 Å². The SMILES string of the molecule is CCC1(C)CCN(C(=O)CN2CCNCC2)CC1. The summed E-state index contributed by atoms with van der Waals surface area (Å²) in [5, 5.41) is 3.32. The van der Waals surface area contributed by atoms with Gasteiger partial charge in [-0.3, -0.25) is 9.69 Å². The molecule has 2 rings (SSSR count). The molecule has 4 heteroatoms. The zero-order valence-electron chi connectivity index (χ0n) is 11.9. The third-order valence-electron chi connectivity index (χ3n) is 4.75. The van der Waals surface area contributed by atoms with Crippen LogP contribution >= 0.6 is 0 Å². The molecule has 0 aromatic carbocycles. The maximum atomic E-state index is 12.2. The Hall–Kier alpha value is -0.610. The summed E-state index contributed by atoms with van der Waals surface area (Å²) >= 11 is 0. The van der Waals surface area contributed by atoms with Gasteiger partial charge in [-0.1, -0.05) is 20.3 Å². The minimum Gasteiger partial charge on any atom is -0.342 e.